The smallest absolute Gasteiger partial charge is 0.258 e. The highest BCUT2D eigenvalue weighted by molar-refractivity contribution is 7.89. The minimum Gasteiger partial charge on any atom is -0.395 e. The van der Waals surface area contributed by atoms with E-state index in [4.69, 9.17) is 14.8 Å². The van der Waals surface area contributed by atoms with E-state index in [1.54, 1.807) is 12.1 Å². The zero-order valence-electron chi connectivity index (χ0n) is 23.6. The van der Waals surface area contributed by atoms with Crippen LogP contribution in [0.5, 0.6) is 0 Å². The molecule has 0 radical (unpaired) electrons. The summed E-state index contributed by atoms with van der Waals surface area (Å²) in [6, 6.07) is 8.47. The van der Waals surface area contributed by atoms with Crippen LogP contribution in [-0.4, -0.2) is 81.0 Å². The summed E-state index contributed by atoms with van der Waals surface area (Å²) >= 11 is 0. The number of amides is 1. The van der Waals surface area contributed by atoms with Crippen molar-refractivity contribution in [1.29, 1.82) is 0 Å². The highest BCUT2D eigenvalue weighted by Crippen LogP contribution is 2.54. The van der Waals surface area contributed by atoms with Gasteiger partial charge in [0.1, 0.15) is 5.82 Å². The predicted octanol–water partition coefficient (Wildman–Crippen LogP) is 2.70. The first-order chi connectivity index (χ1) is 19.7. The molecule has 0 bridgehead atoms. The van der Waals surface area contributed by atoms with Crippen molar-refractivity contribution in [3.05, 3.63) is 42.1 Å². The Morgan fingerprint density at radius 3 is 2.61 bits per heavy atom. The Kier molecular flexibility index (Phi) is 7.43. The molecule has 3 N–H and O–H groups in total. The largest absolute Gasteiger partial charge is 0.395 e. The standard InChI is InChI=1S/C29H38N6O5S/c1-20-19-35(14-16-40-20)27-26-21(5-11-33(26)2)17-25(31-27)32-28(37)23-4-3-22(41(38,39)30-10-15-36)18-24(23)34-12-8-29(6-7-29)9-13-34/h3-5,11,17-18,20,30,36H,6-10,12-16,19H2,1-2H3,(H,31,32,37)/t20-/m1/s1. The molecule has 1 aromatic carbocycles. The maximum absolute atomic E-state index is 13.8. The van der Waals surface area contributed by atoms with Crippen molar-refractivity contribution in [2.45, 2.75) is 43.6 Å². The number of aliphatic hydroxyl groups is 1. The molecule has 0 unspecified atom stereocenters. The van der Waals surface area contributed by atoms with E-state index in [0.717, 1.165) is 42.7 Å². The summed E-state index contributed by atoms with van der Waals surface area (Å²) in [5, 5.41) is 13.1. The van der Waals surface area contributed by atoms with Crippen LogP contribution in [0.4, 0.5) is 17.3 Å². The number of aryl methyl sites for hydroxylation is 1. The molecule has 3 fully saturated rings. The number of carbonyl (C=O) groups excluding carboxylic acids is 1. The van der Waals surface area contributed by atoms with Crippen LogP contribution >= 0.6 is 0 Å². The van der Waals surface area contributed by atoms with E-state index in [9.17, 15) is 13.2 Å². The lowest BCUT2D eigenvalue weighted by atomic mass is 9.93. The molecule has 1 spiro atoms. The van der Waals surface area contributed by atoms with Gasteiger partial charge in [-0.25, -0.2) is 18.1 Å². The number of sulfonamides is 1. The van der Waals surface area contributed by atoms with Crippen LogP contribution in [-0.2, 0) is 21.8 Å². The van der Waals surface area contributed by atoms with Crippen LogP contribution in [0.25, 0.3) is 10.9 Å². The molecule has 3 aliphatic rings. The normalized spacial score (nSPS) is 20.5. The van der Waals surface area contributed by atoms with Gasteiger partial charge in [0, 0.05) is 51.4 Å². The van der Waals surface area contributed by atoms with E-state index >= 15 is 0 Å². The summed E-state index contributed by atoms with van der Waals surface area (Å²) in [7, 11) is -1.86. The first-order valence-electron chi connectivity index (χ1n) is 14.3. The summed E-state index contributed by atoms with van der Waals surface area (Å²) < 4.78 is 35.9. The molecular formula is C29H38N6O5S. The minimum atomic E-state index is -3.84. The molecule has 2 aromatic heterocycles. The number of aliphatic hydroxyl groups excluding tert-OH is 1. The van der Waals surface area contributed by atoms with Gasteiger partial charge in [0.05, 0.1) is 41.0 Å². The van der Waals surface area contributed by atoms with E-state index in [-0.39, 0.29) is 30.1 Å². The fraction of sp³-hybridized carbons (Fsp3) is 0.517. The summed E-state index contributed by atoms with van der Waals surface area (Å²) in [5.41, 5.74) is 2.40. The lowest BCUT2D eigenvalue weighted by Crippen LogP contribution is -2.41. The SMILES string of the molecule is C[C@@H]1CN(c2nc(NC(=O)c3ccc(S(=O)(=O)NCCO)cc3N3CCC4(CC3)CC4)cc3ccn(C)c23)CCO1. The van der Waals surface area contributed by atoms with Crippen molar-refractivity contribution in [1.82, 2.24) is 14.3 Å². The summed E-state index contributed by atoms with van der Waals surface area (Å²) in [5.74, 6) is 0.886. The first-order valence-corrected chi connectivity index (χ1v) is 15.8. The number of benzene rings is 1. The number of ether oxygens (including phenoxy) is 1. The second-order valence-corrected chi connectivity index (χ2v) is 13.3. The molecule has 2 aliphatic heterocycles. The van der Waals surface area contributed by atoms with Gasteiger partial charge in [0.15, 0.2) is 5.82 Å². The number of carbonyl (C=O) groups is 1. The Morgan fingerprint density at radius 2 is 1.90 bits per heavy atom. The highest BCUT2D eigenvalue weighted by Gasteiger charge is 2.44. The van der Waals surface area contributed by atoms with Gasteiger partial charge in [0.25, 0.3) is 5.91 Å². The summed E-state index contributed by atoms with van der Waals surface area (Å²) in [6.07, 6.45) is 6.60. The van der Waals surface area contributed by atoms with Crippen molar-refractivity contribution in [2.24, 2.45) is 12.5 Å². The van der Waals surface area contributed by atoms with Gasteiger partial charge < -0.3 is 29.5 Å². The van der Waals surface area contributed by atoms with Gasteiger partial charge in [-0.2, -0.15) is 0 Å². The molecule has 12 heteroatoms. The van der Waals surface area contributed by atoms with Gasteiger partial charge in [-0.15, -0.1) is 0 Å². The average molecular weight is 583 g/mol. The fourth-order valence-electron chi connectivity index (χ4n) is 6.07. The van der Waals surface area contributed by atoms with Crippen LogP contribution in [0.1, 0.15) is 43.0 Å². The number of nitrogens with one attached hydrogen (secondary N) is 2. The second kappa shape index (κ2) is 10.9. The zero-order chi connectivity index (χ0) is 28.8. The van der Waals surface area contributed by atoms with Crippen LogP contribution in [0, 0.1) is 5.41 Å². The van der Waals surface area contributed by atoms with Crippen molar-refractivity contribution >= 4 is 44.2 Å². The lowest BCUT2D eigenvalue weighted by molar-refractivity contribution is 0.0530. The maximum atomic E-state index is 13.8. The van der Waals surface area contributed by atoms with Crippen molar-refractivity contribution < 1.29 is 23.1 Å². The Bertz CT molecular complexity index is 1560. The quantitative estimate of drug-likeness (QED) is 0.370. The number of pyridine rings is 1. The summed E-state index contributed by atoms with van der Waals surface area (Å²) in [4.78, 5) is 23.1. The Morgan fingerprint density at radius 1 is 1.12 bits per heavy atom. The number of fused-ring (bicyclic) bond motifs is 1. The van der Waals surface area contributed by atoms with Gasteiger partial charge in [-0.1, -0.05) is 0 Å². The molecule has 41 heavy (non-hydrogen) atoms. The van der Waals surface area contributed by atoms with E-state index in [2.05, 4.69) is 19.8 Å². The van der Waals surface area contributed by atoms with Gasteiger partial charge in [-0.3, -0.25) is 4.79 Å². The molecule has 220 valence electrons. The third-order valence-corrected chi connectivity index (χ3v) is 10.1. The number of hydrogen-bond donors (Lipinski definition) is 3. The molecule has 2 saturated heterocycles. The van der Waals surface area contributed by atoms with Crippen LogP contribution < -0.4 is 19.8 Å². The van der Waals surface area contributed by atoms with Crippen LogP contribution in [0.3, 0.4) is 0 Å². The predicted molar refractivity (Wildman–Crippen MR) is 158 cm³/mol. The lowest BCUT2D eigenvalue weighted by Gasteiger charge is -2.35. The topological polar surface area (TPSA) is 129 Å². The van der Waals surface area contributed by atoms with E-state index in [1.165, 1.54) is 18.9 Å². The Labute approximate surface area is 240 Å². The monoisotopic (exact) mass is 582 g/mol. The first kappa shape index (κ1) is 28.0. The van der Waals surface area contributed by atoms with Crippen molar-refractivity contribution in [2.75, 3.05) is 61.1 Å². The van der Waals surface area contributed by atoms with Gasteiger partial charge >= 0.3 is 0 Å². The maximum Gasteiger partial charge on any atom is 0.258 e. The van der Waals surface area contributed by atoms with Crippen LogP contribution in [0.2, 0.25) is 0 Å². The molecular weight excluding hydrogens is 544 g/mol. The average Bonchev–Trinajstić information content (AvgIpc) is 3.62. The molecule has 3 aromatic rings. The van der Waals surface area contributed by atoms with Crippen LogP contribution in [0.15, 0.2) is 41.4 Å². The Hall–Kier alpha value is -3.19. The molecule has 6 rings (SSSR count). The number of rotatable bonds is 8. The van der Waals surface area contributed by atoms with E-state index < -0.39 is 10.0 Å². The molecule has 1 atom stereocenters. The molecule has 1 amide bonds. The third-order valence-electron chi connectivity index (χ3n) is 8.67. The molecule has 11 nitrogen and oxygen atoms in total. The highest BCUT2D eigenvalue weighted by atomic mass is 32.2. The number of nitrogens with zero attached hydrogens (tertiary/aromatic N) is 4. The van der Waals surface area contributed by atoms with Gasteiger partial charge in [-0.05, 0) is 68.4 Å². The van der Waals surface area contributed by atoms with E-state index in [0.29, 0.717) is 42.2 Å². The van der Waals surface area contributed by atoms with Gasteiger partial charge in [0.2, 0.25) is 10.0 Å². The van der Waals surface area contributed by atoms with E-state index in [1.807, 2.05) is 36.9 Å². The number of morpholine rings is 1. The molecule has 1 saturated carbocycles. The van der Waals surface area contributed by atoms with Crippen molar-refractivity contribution in [3.8, 4) is 0 Å². The Balaban J connectivity index is 1.33. The molecule has 1 aliphatic carbocycles. The third kappa shape index (κ3) is 5.66. The molecule has 4 heterocycles. The fourth-order valence-corrected chi connectivity index (χ4v) is 7.11. The second-order valence-electron chi connectivity index (χ2n) is 11.6. The van der Waals surface area contributed by atoms with Crippen molar-refractivity contribution in [3.63, 3.8) is 0 Å². The zero-order valence-corrected chi connectivity index (χ0v) is 24.4. The number of hydrogen-bond acceptors (Lipinski definition) is 8. The number of piperidine rings is 1. The summed E-state index contributed by atoms with van der Waals surface area (Å²) in [6.45, 7) is 5.20. The minimum absolute atomic E-state index is 0.0664. The number of anilines is 3. The number of aromatic nitrogens is 2.